The molecule has 2 amide bonds. The molecule has 4 rings (SSSR count). The molecule has 0 aromatic heterocycles. The predicted octanol–water partition coefficient (Wildman–Crippen LogP) is 3.42. The normalized spacial score (nSPS) is 25.5. The molecule has 1 atom stereocenters. The lowest BCUT2D eigenvalue weighted by molar-refractivity contribution is -0.182. The van der Waals surface area contributed by atoms with E-state index in [4.69, 9.17) is 9.47 Å². The zero-order valence-corrected chi connectivity index (χ0v) is 15.2. The molecule has 3 heterocycles. The van der Waals surface area contributed by atoms with Crippen molar-refractivity contribution in [3.8, 4) is 0 Å². The third kappa shape index (κ3) is 3.04. The molecule has 2 fully saturated rings. The van der Waals surface area contributed by atoms with Gasteiger partial charge in [-0.2, -0.15) is 0 Å². The number of amides is 2. The standard InChI is InChI=1S/C20H28N2O3/c1-15(2)17-9-8-16-6-3-4-7-18(16)22(17)19(23)21-11-5-10-20(14-21)24-12-13-25-20/h3-4,6-7,15,17H,5,8-14H2,1-2H3/t17-/m0/s1. The lowest BCUT2D eigenvalue weighted by Crippen LogP contribution is -2.58. The van der Waals surface area contributed by atoms with E-state index >= 15 is 0 Å². The first kappa shape index (κ1) is 16.9. The minimum atomic E-state index is -0.573. The van der Waals surface area contributed by atoms with Gasteiger partial charge in [0.15, 0.2) is 5.79 Å². The van der Waals surface area contributed by atoms with Crippen LogP contribution in [0.25, 0.3) is 0 Å². The Hall–Kier alpha value is -1.59. The summed E-state index contributed by atoms with van der Waals surface area (Å²) in [5.74, 6) is -0.147. The van der Waals surface area contributed by atoms with Crippen LogP contribution in [0.1, 0.15) is 38.7 Å². The Morgan fingerprint density at radius 2 is 2.00 bits per heavy atom. The van der Waals surface area contributed by atoms with Crippen molar-refractivity contribution in [1.82, 2.24) is 4.90 Å². The number of urea groups is 1. The van der Waals surface area contributed by atoms with E-state index in [1.165, 1.54) is 5.56 Å². The molecule has 1 spiro atoms. The topological polar surface area (TPSA) is 42.0 Å². The van der Waals surface area contributed by atoms with Crippen molar-refractivity contribution in [3.63, 3.8) is 0 Å². The Morgan fingerprint density at radius 3 is 2.76 bits per heavy atom. The quantitative estimate of drug-likeness (QED) is 0.784. The van der Waals surface area contributed by atoms with Crippen molar-refractivity contribution in [2.75, 3.05) is 31.2 Å². The van der Waals surface area contributed by atoms with Crippen LogP contribution in [0.4, 0.5) is 10.5 Å². The Labute approximate surface area is 149 Å². The van der Waals surface area contributed by atoms with Crippen LogP contribution in [-0.4, -0.2) is 49.1 Å². The van der Waals surface area contributed by atoms with Crippen LogP contribution < -0.4 is 4.90 Å². The van der Waals surface area contributed by atoms with Gasteiger partial charge in [-0.05, 0) is 36.8 Å². The summed E-state index contributed by atoms with van der Waals surface area (Å²) in [4.78, 5) is 17.5. The number of hydrogen-bond acceptors (Lipinski definition) is 3. The Bertz CT molecular complexity index is 640. The lowest BCUT2D eigenvalue weighted by Gasteiger charge is -2.45. The number of rotatable bonds is 1. The van der Waals surface area contributed by atoms with Gasteiger partial charge in [0.25, 0.3) is 0 Å². The number of anilines is 1. The molecule has 0 N–H and O–H groups in total. The van der Waals surface area contributed by atoms with E-state index in [1.807, 2.05) is 15.9 Å². The highest BCUT2D eigenvalue weighted by atomic mass is 16.7. The van der Waals surface area contributed by atoms with E-state index < -0.39 is 5.79 Å². The molecule has 1 aromatic carbocycles. The number of fused-ring (bicyclic) bond motifs is 1. The molecule has 1 aromatic rings. The lowest BCUT2D eigenvalue weighted by atomic mass is 9.89. The van der Waals surface area contributed by atoms with E-state index in [2.05, 4.69) is 32.0 Å². The molecule has 0 unspecified atom stereocenters. The first-order valence-corrected chi connectivity index (χ1v) is 9.54. The Kier molecular flexibility index (Phi) is 4.46. The van der Waals surface area contributed by atoms with Gasteiger partial charge in [0.05, 0.1) is 19.8 Å². The largest absolute Gasteiger partial charge is 0.346 e. The fourth-order valence-corrected chi connectivity index (χ4v) is 4.48. The first-order valence-electron chi connectivity index (χ1n) is 9.54. The van der Waals surface area contributed by atoms with Crippen molar-refractivity contribution in [2.24, 2.45) is 5.92 Å². The smallest absolute Gasteiger partial charge is 0.324 e. The molecule has 136 valence electrons. The molecule has 0 aliphatic carbocycles. The van der Waals surface area contributed by atoms with Gasteiger partial charge in [0.1, 0.15) is 0 Å². The van der Waals surface area contributed by atoms with Crippen molar-refractivity contribution in [3.05, 3.63) is 29.8 Å². The van der Waals surface area contributed by atoms with Gasteiger partial charge >= 0.3 is 6.03 Å². The second kappa shape index (κ2) is 6.61. The number of benzene rings is 1. The summed E-state index contributed by atoms with van der Waals surface area (Å²) in [7, 11) is 0. The van der Waals surface area contributed by atoms with Crippen LogP contribution in [-0.2, 0) is 15.9 Å². The van der Waals surface area contributed by atoms with Gasteiger partial charge in [0.2, 0.25) is 0 Å². The van der Waals surface area contributed by atoms with Crippen molar-refractivity contribution in [1.29, 1.82) is 0 Å². The van der Waals surface area contributed by atoms with E-state index in [-0.39, 0.29) is 12.1 Å². The molecule has 5 nitrogen and oxygen atoms in total. The maximum absolute atomic E-state index is 13.5. The highest BCUT2D eigenvalue weighted by Gasteiger charge is 2.44. The first-order chi connectivity index (χ1) is 12.1. The van der Waals surface area contributed by atoms with Crippen molar-refractivity contribution >= 4 is 11.7 Å². The number of aryl methyl sites for hydroxylation is 1. The SMILES string of the molecule is CC(C)[C@@H]1CCc2ccccc2N1C(=O)N1CCCC2(C1)OCCO2. The average Bonchev–Trinajstić information content (AvgIpc) is 3.07. The van der Waals surface area contributed by atoms with Gasteiger partial charge in [-0.25, -0.2) is 4.79 Å². The van der Waals surface area contributed by atoms with Crippen LogP contribution in [0, 0.1) is 5.92 Å². The minimum absolute atomic E-state index is 0.101. The number of ether oxygens (including phenoxy) is 2. The highest BCUT2D eigenvalue weighted by Crippen LogP contribution is 2.36. The fourth-order valence-electron chi connectivity index (χ4n) is 4.48. The Morgan fingerprint density at radius 1 is 1.24 bits per heavy atom. The molecule has 25 heavy (non-hydrogen) atoms. The fraction of sp³-hybridized carbons (Fsp3) is 0.650. The summed E-state index contributed by atoms with van der Waals surface area (Å²) in [5.41, 5.74) is 2.35. The van der Waals surface area contributed by atoms with E-state index in [1.54, 1.807) is 0 Å². The molecular formula is C20H28N2O3. The third-order valence-corrected chi connectivity index (χ3v) is 5.77. The Balaban J connectivity index is 1.62. The number of hydrogen-bond donors (Lipinski definition) is 0. The van der Waals surface area contributed by atoms with Crippen molar-refractivity contribution in [2.45, 2.75) is 51.4 Å². The van der Waals surface area contributed by atoms with Gasteiger partial charge < -0.3 is 14.4 Å². The van der Waals surface area contributed by atoms with E-state index in [0.717, 1.165) is 37.9 Å². The monoisotopic (exact) mass is 344 g/mol. The van der Waals surface area contributed by atoms with Crippen LogP contribution in [0.15, 0.2) is 24.3 Å². The number of carbonyl (C=O) groups excluding carboxylic acids is 1. The van der Waals surface area contributed by atoms with Gasteiger partial charge in [0, 0.05) is 24.7 Å². The molecule has 3 aliphatic heterocycles. The summed E-state index contributed by atoms with van der Waals surface area (Å²) < 4.78 is 11.7. The van der Waals surface area contributed by atoms with Gasteiger partial charge in [-0.15, -0.1) is 0 Å². The van der Waals surface area contributed by atoms with Crippen molar-refractivity contribution < 1.29 is 14.3 Å². The van der Waals surface area contributed by atoms with Crippen LogP contribution in [0.5, 0.6) is 0 Å². The summed E-state index contributed by atoms with van der Waals surface area (Å²) in [6.07, 6.45) is 3.86. The van der Waals surface area contributed by atoms with Crippen LogP contribution in [0.2, 0.25) is 0 Å². The average molecular weight is 344 g/mol. The number of likely N-dealkylation sites (tertiary alicyclic amines) is 1. The van der Waals surface area contributed by atoms with Gasteiger partial charge in [-0.3, -0.25) is 4.90 Å². The summed E-state index contributed by atoms with van der Waals surface area (Å²) in [5, 5.41) is 0. The maximum Gasteiger partial charge on any atom is 0.324 e. The third-order valence-electron chi connectivity index (χ3n) is 5.77. The number of nitrogens with zero attached hydrogens (tertiary/aromatic N) is 2. The van der Waals surface area contributed by atoms with Crippen LogP contribution in [0.3, 0.4) is 0 Å². The molecular weight excluding hydrogens is 316 g/mol. The number of carbonyl (C=O) groups is 1. The zero-order chi connectivity index (χ0) is 17.4. The van der Waals surface area contributed by atoms with E-state index in [9.17, 15) is 4.79 Å². The predicted molar refractivity (Wildman–Crippen MR) is 96.7 cm³/mol. The second-order valence-electron chi connectivity index (χ2n) is 7.76. The van der Waals surface area contributed by atoms with Gasteiger partial charge in [-0.1, -0.05) is 32.0 Å². The number of piperidine rings is 1. The summed E-state index contributed by atoms with van der Waals surface area (Å²) in [6.45, 7) is 6.98. The molecule has 0 radical (unpaired) electrons. The summed E-state index contributed by atoms with van der Waals surface area (Å²) in [6, 6.07) is 8.67. The second-order valence-corrected chi connectivity index (χ2v) is 7.76. The summed E-state index contributed by atoms with van der Waals surface area (Å²) >= 11 is 0. The molecule has 0 saturated carbocycles. The zero-order valence-electron chi connectivity index (χ0n) is 15.2. The molecule has 2 saturated heterocycles. The maximum atomic E-state index is 13.5. The molecule has 3 aliphatic rings. The molecule has 5 heteroatoms. The minimum Gasteiger partial charge on any atom is -0.346 e. The van der Waals surface area contributed by atoms with Crippen LogP contribution >= 0.6 is 0 Å². The highest BCUT2D eigenvalue weighted by molar-refractivity contribution is 5.94. The van der Waals surface area contributed by atoms with E-state index in [0.29, 0.717) is 25.7 Å². The molecule has 0 bridgehead atoms. The number of para-hydroxylation sites is 1.